The van der Waals surface area contributed by atoms with E-state index in [1.807, 2.05) is 30.5 Å². The Hall–Kier alpha value is -1.87. The van der Waals surface area contributed by atoms with Crippen LogP contribution in [0.3, 0.4) is 0 Å². The first-order chi connectivity index (χ1) is 8.78. The molecular weight excluding hydrogens is 224 g/mol. The zero-order chi connectivity index (χ0) is 12.5. The molecule has 1 fully saturated rings. The number of aromatic nitrogens is 1. The van der Waals surface area contributed by atoms with Crippen molar-refractivity contribution < 1.29 is 4.74 Å². The number of rotatable bonds is 3. The molecule has 1 heterocycles. The van der Waals surface area contributed by atoms with Crippen LogP contribution in [0.25, 0.3) is 11.3 Å². The quantitative estimate of drug-likeness (QED) is 0.897. The second kappa shape index (κ2) is 4.42. The van der Waals surface area contributed by atoms with Crippen LogP contribution in [0.2, 0.25) is 0 Å². The number of hydrogen-bond acceptors (Lipinski definition) is 3. The van der Waals surface area contributed by atoms with Crippen molar-refractivity contribution in [1.82, 2.24) is 4.98 Å². The molecular formula is C15H16N2O. The lowest BCUT2D eigenvalue weighted by atomic mass is 10.1. The molecule has 0 spiro atoms. The van der Waals surface area contributed by atoms with Crippen molar-refractivity contribution in [3.63, 3.8) is 0 Å². The average Bonchev–Trinajstić information content (AvgIpc) is 3.16. The van der Waals surface area contributed by atoms with Gasteiger partial charge in [0, 0.05) is 23.7 Å². The zero-order valence-corrected chi connectivity index (χ0v) is 10.3. The van der Waals surface area contributed by atoms with Crippen LogP contribution in [0.15, 0.2) is 42.6 Å². The molecule has 1 aromatic carbocycles. The average molecular weight is 240 g/mol. The lowest BCUT2D eigenvalue weighted by Crippen LogP contribution is -2.01. The lowest BCUT2D eigenvalue weighted by molar-refractivity contribution is 0.415. The van der Waals surface area contributed by atoms with Crippen molar-refractivity contribution in [2.75, 3.05) is 7.11 Å². The number of nitrogens with zero attached hydrogens (tertiary/aromatic N) is 1. The molecule has 0 radical (unpaired) electrons. The molecule has 0 unspecified atom stereocenters. The van der Waals surface area contributed by atoms with Crippen molar-refractivity contribution >= 4 is 0 Å². The minimum absolute atomic E-state index is 0.328. The molecule has 3 rings (SSSR count). The van der Waals surface area contributed by atoms with Crippen molar-refractivity contribution in [2.24, 2.45) is 5.73 Å². The van der Waals surface area contributed by atoms with E-state index in [1.54, 1.807) is 7.11 Å². The highest BCUT2D eigenvalue weighted by Gasteiger charge is 2.34. The number of ether oxygens (including phenoxy) is 1. The second-order valence-corrected chi connectivity index (χ2v) is 4.71. The van der Waals surface area contributed by atoms with Gasteiger partial charge in [-0.1, -0.05) is 18.2 Å². The van der Waals surface area contributed by atoms with E-state index in [4.69, 9.17) is 10.5 Å². The molecule has 1 saturated carbocycles. The number of nitrogens with two attached hydrogens (primary N) is 1. The van der Waals surface area contributed by atoms with E-state index in [1.165, 1.54) is 5.56 Å². The van der Waals surface area contributed by atoms with E-state index in [9.17, 15) is 0 Å². The van der Waals surface area contributed by atoms with Gasteiger partial charge < -0.3 is 10.5 Å². The Balaban J connectivity index is 1.87. The first kappa shape index (κ1) is 11.2. The first-order valence-electron chi connectivity index (χ1n) is 6.14. The molecule has 2 N–H and O–H groups in total. The topological polar surface area (TPSA) is 48.1 Å². The van der Waals surface area contributed by atoms with E-state index >= 15 is 0 Å². The zero-order valence-electron chi connectivity index (χ0n) is 10.3. The molecule has 1 aliphatic rings. The number of benzene rings is 1. The summed E-state index contributed by atoms with van der Waals surface area (Å²) in [6.07, 6.45) is 3.02. The van der Waals surface area contributed by atoms with Crippen molar-refractivity contribution in [1.29, 1.82) is 0 Å². The van der Waals surface area contributed by atoms with E-state index in [0.717, 1.165) is 23.4 Å². The monoisotopic (exact) mass is 240 g/mol. The largest absolute Gasteiger partial charge is 0.497 e. The number of pyridine rings is 1. The van der Waals surface area contributed by atoms with Gasteiger partial charge in [0.25, 0.3) is 0 Å². The van der Waals surface area contributed by atoms with E-state index < -0.39 is 0 Å². The molecule has 0 aliphatic heterocycles. The molecule has 0 saturated heterocycles. The molecule has 1 aromatic heterocycles. The summed E-state index contributed by atoms with van der Waals surface area (Å²) in [7, 11) is 1.67. The Morgan fingerprint density at radius 1 is 1.28 bits per heavy atom. The summed E-state index contributed by atoms with van der Waals surface area (Å²) >= 11 is 0. The summed E-state index contributed by atoms with van der Waals surface area (Å²) in [5.41, 5.74) is 9.12. The van der Waals surface area contributed by atoms with Crippen LogP contribution in [-0.4, -0.2) is 18.1 Å². The molecule has 92 valence electrons. The minimum Gasteiger partial charge on any atom is -0.497 e. The summed E-state index contributed by atoms with van der Waals surface area (Å²) in [5.74, 6) is 1.36. The minimum atomic E-state index is 0.328. The maximum absolute atomic E-state index is 5.84. The van der Waals surface area contributed by atoms with Crippen LogP contribution < -0.4 is 10.5 Å². The Labute approximate surface area is 107 Å². The number of hydrogen-bond donors (Lipinski definition) is 1. The Morgan fingerprint density at radius 2 is 2.11 bits per heavy atom. The van der Waals surface area contributed by atoms with Gasteiger partial charge in [-0.3, -0.25) is 4.98 Å². The highest BCUT2D eigenvalue weighted by Crippen LogP contribution is 2.38. The fraction of sp³-hybridized carbons (Fsp3) is 0.267. The van der Waals surface area contributed by atoms with Crippen LogP contribution in [-0.2, 0) is 0 Å². The predicted molar refractivity (Wildman–Crippen MR) is 71.6 cm³/mol. The molecule has 3 nitrogen and oxygen atoms in total. The van der Waals surface area contributed by atoms with E-state index in [-0.39, 0.29) is 0 Å². The Kier molecular flexibility index (Phi) is 2.76. The lowest BCUT2D eigenvalue weighted by Gasteiger charge is -2.05. The fourth-order valence-corrected chi connectivity index (χ4v) is 2.18. The molecule has 0 bridgehead atoms. The van der Waals surface area contributed by atoms with Crippen molar-refractivity contribution in [3.05, 3.63) is 48.2 Å². The van der Waals surface area contributed by atoms with Gasteiger partial charge in [-0.25, -0.2) is 0 Å². The molecule has 1 aliphatic carbocycles. The maximum Gasteiger partial charge on any atom is 0.119 e. The van der Waals surface area contributed by atoms with Crippen LogP contribution >= 0.6 is 0 Å². The van der Waals surface area contributed by atoms with Gasteiger partial charge in [0.1, 0.15) is 5.75 Å². The second-order valence-electron chi connectivity index (χ2n) is 4.71. The summed E-state index contributed by atoms with van der Waals surface area (Å²) in [6, 6.07) is 12.4. The summed E-state index contributed by atoms with van der Waals surface area (Å²) < 4.78 is 5.22. The predicted octanol–water partition coefficient (Wildman–Crippen LogP) is 2.57. The molecule has 3 heteroatoms. The smallest absolute Gasteiger partial charge is 0.119 e. The van der Waals surface area contributed by atoms with Crippen molar-refractivity contribution in [3.8, 4) is 17.0 Å². The van der Waals surface area contributed by atoms with Crippen LogP contribution in [0.5, 0.6) is 5.75 Å². The third-order valence-electron chi connectivity index (χ3n) is 3.42. The summed E-state index contributed by atoms with van der Waals surface area (Å²) in [5, 5.41) is 0. The first-order valence-corrected chi connectivity index (χ1v) is 6.14. The molecule has 0 amide bonds. The highest BCUT2D eigenvalue weighted by molar-refractivity contribution is 5.61. The van der Waals surface area contributed by atoms with E-state index in [0.29, 0.717) is 12.0 Å². The van der Waals surface area contributed by atoms with Crippen LogP contribution in [0, 0.1) is 0 Å². The third-order valence-corrected chi connectivity index (χ3v) is 3.42. The van der Waals surface area contributed by atoms with Crippen LogP contribution in [0.4, 0.5) is 0 Å². The normalized spacial score (nSPS) is 21.7. The van der Waals surface area contributed by atoms with Crippen molar-refractivity contribution in [2.45, 2.75) is 18.4 Å². The molecule has 2 atom stereocenters. The van der Waals surface area contributed by atoms with Crippen LogP contribution in [0.1, 0.15) is 17.9 Å². The van der Waals surface area contributed by atoms with Gasteiger partial charge in [-0.05, 0) is 30.2 Å². The molecule has 2 aromatic rings. The Morgan fingerprint density at radius 3 is 2.72 bits per heavy atom. The maximum atomic E-state index is 5.84. The number of methoxy groups -OCH3 is 1. The standard InChI is InChI=1S/C15H16N2O/c1-18-12-4-2-3-10(7-12)15-6-5-11(9-17-15)13-8-14(13)16/h2-7,9,13-14H,8,16H2,1H3/t13-,14+/m0/s1. The van der Waals surface area contributed by atoms with Gasteiger partial charge in [0.15, 0.2) is 0 Å². The highest BCUT2D eigenvalue weighted by atomic mass is 16.5. The van der Waals surface area contributed by atoms with E-state index in [2.05, 4.69) is 17.1 Å². The van der Waals surface area contributed by atoms with Gasteiger partial charge in [0.2, 0.25) is 0 Å². The fourth-order valence-electron chi connectivity index (χ4n) is 2.18. The summed E-state index contributed by atoms with van der Waals surface area (Å²) in [6.45, 7) is 0. The summed E-state index contributed by atoms with van der Waals surface area (Å²) in [4.78, 5) is 4.51. The SMILES string of the molecule is COc1cccc(-c2ccc([C@@H]3C[C@H]3N)cn2)c1. The van der Waals surface area contributed by atoms with Gasteiger partial charge in [0.05, 0.1) is 12.8 Å². The van der Waals surface area contributed by atoms with Gasteiger partial charge >= 0.3 is 0 Å². The Bertz CT molecular complexity index is 551. The van der Waals surface area contributed by atoms with Gasteiger partial charge in [-0.2, -0.15) is 0 Å². The third kappa shape index (κ3) is 2.09. The molecule has 18 heavy (non-hydrogen) atoms. The van der Waals surface area contributed by atoms with Gasteiger partial charge in [-0.15, -0.1) is 0 Å².